The summed E-state index contributed by atoms with van der Waals surface area (Å²) < 4.78 is 16.6. The average molecular weight is 333 g/mol. The van der Waals surface area contributed by atoms with Gasteiger partial charge in [0.2, 0.25) is 6.29 Å². The Bertz CT molecular complexity index is 599. The summed E-state index contributed by atoms with van der Waals surface area (Å²) in [5, 5.41) is 3.41. The Morgan fingerprint density at radius 2 is 2.17 bits per heavy atom. The highest BCUT2D eigenvalue weighted by Crippen LogP contribution is 2.38. The molecule has 1 N–H and O–H groups in total. The van der Waals surface area contributed by atoms with Crippen LogP contribution in [0.15, 0.2) is 6.07 Å². The van der Waals surface area contributed by atoms with Crippen LogP contribution in [-0.4, -0.2) is 55.9 Å². The molecule has 0 aliphatic carbocycles. The zero-order valence-electron chi connectivity index (χ0n) is 14.6. The highest BCUT2D eigenvalue weighted by Gasteiger charge is 2.47. The van der Waals surface area contributed by atoms with Crippen molar-refractivity contribution in [1.29, 1.82) is 0 Å². The first-order valence-corrected chi connectivity index (χ1v) is 8.91. The first-order chi connectivity index (χ1) is 11.8. The summed E-state index contributed by atoms with van der Waals surface area (Å²) >= 11 is 0. The lowest BCUT2D eigenvalue weighted by molar-refractivity contribution is -0.127. The molecule has 2 saturated heterocycles. The summed E-state index contributed by atoms with van der Waals surface area (Å²) in [6.07, 6.45) is 4.30. The fourth-order valence-corrected chi connectivity index (χ4v) is 4.21. The van der Waals surface area contributed by atoms with Gasteiger partial charge in [0, 0.05) is 27.3 Å². The van der Waals surface area contributed by atoms with Gasteiger partial charge < -0.3 is 19.5 Å². The maximum absolute atomic E-state index is 5.52. The molecule has 1 aromatic rings. The number of fused-ring (bicyclic) bond motifs is 1. The highest BCUT2D eigenvalue weighted by molar-refractivity contribution is 5.49. The van der Waals surface area contributed by atoms with Crippen LogP contribution in [0.4, 0.5) is 5.82 Å². The third-order valence-electron chi connectivity index (χ3n) is 5.62. The van der Waals surface area contributed by atoms with E-state index in [1.807, 2.05) is 0 Å². The molecule has 0 radical (unpaired) electrons. The monoisotopic (exact) mass is 333 g/mol. The Balaban J connectivity index is 1.67. The second-order valence-corrected chi connectivity index (χ2v) is 7.12. The Kier molecular flexibility index (Phi) is 4.47. The van der Waals surface area contributed by atoms with Crippen molar-refractivity contribution in [3.05, 3.63) is 22.9 Å². The van der Waals surface area contributed by atoms with Crippen molar-refractivity contribution in [3.63, 3.8) is 0 Å². The molecule has 1 spiro atoms. The normalized spacial score (nSPS) is 22.5. The van der Waals surface area contributed by atoms with E-state index in [0.29, 0.717) is 0 Å². The standard InChI is InChI=1S/C18H27N3O3/c1-22-17(23-2)15-14(9-13-5-3-7-19-16(13)20-15)10-21-8-4-6-18(21)11-24-12-18/h9,17H,3-8,10-12H2,1-2H3,(H,19,20). The number of pyridine rings is 1. The average Bonchev–Trinajstić information content (AvgIpc) is 3.00. The molecule has 4 heterocycles. The van der Waals surface area contributed by atoms with Crippen LogP contribution in [0.2, 0.25) is 0 Å². The van der Waals surface area contributed by atoms with Gasteiger partial charge in [-0.1, -0.05) is 0 Å². The smallest absolute Gasteiger partial charge is 0.200 e. The van der Waals surface area contributed by atoms with Gasteiger partial charge >= 0.3 is 0 Å². The topological polar surface area (TPSA) is 55.9 Å². The van der Waals surface area contributed by atoms with E-state index in [-0.39, 0.29) is 5.54 Å². The number of rotatable bonds is 5. The van der Waals surface area contributed by atoms with Crippen LogP contribution in [-0.2, 0) is 27.2 Å². The van der Waals surface area contributed by atoms with E-state index in [1.54, 1.807) is 14.2 Å². The van der Waals surface area contributed by atoms with Gasteiger partial charge in [0.05, 0.1) is 18.8 Å². The van der Waals surface area contributed by atoms with Crippen LogP contribution in [0.3, 0.4) is 0 Å². The van der Waals surface area contributed by atoms with E-state index in [9.17, 15) is 0 Å². The molecule has 24 heavy (non-hydrogen) atoms. The predicted molar refractivity (Wildman–Crippen MR) is 91.0 cm³/mol. The number of anilines is 1. The van der Waals surface area contributed by atoms with Gasteiger partial charge in [-0.25, -0.2) is 4.98 Å². The Labute approximate surface area is 143 Å². The molecule has 132 valence electrons. The number of aromatic nitrogens is 1. The highest BCUT2D eigenvalue weighted by atomic mass is 16.7. The number of hydrogen-bond donors (Lipinski definition) is 1. The summed E-state index contributed by atoms with van der Waals surface area (Å²) in [5.41, 5.74) is 3.68. The van der Waals surface area contributed by atoms with Gasteiger partial charge in [-0.15, -0.1) is 0 Å². The Morgan fingerprint density at radius 1 is 1.33 bits per heavy atom. The number of nitrogens with zero attached hydrogens (tertiary/aromatic N) is 2. The molecular formula is C18H27N3O3. The SMILES string of the molecule is COC(OC)c1nc2c(cc1CN1CCCC13COC3)CCCN2. The summed E-state index contributed by atoms with van der Waals surface area (Å²) in [5.74, 6) is 0.988. The number of aryl methyl sites for hydroxylation is 1. The first-order valence-electron chi connectivity index (χ1n) is 8.91. The lowest BCUT2D eigenvalue weighted by Crippen LogP contribution is -2.58. The maximum Gasteiger partial charge on any atom is 0.200 e. The maximum atomic E-state index is 5.52. The van der Waals surface area contributed by atoms with E-state index in [4.69, 9.17) is 19.2 Å². The number of ether oxygens (including phenoxy) is 3. The lowest BCUT2D eigenvalue weighted by Gasteiger charge is -2.45. The third kappa shape index (κ3) is 2.71. The molecular weight excluding hydrogens is 306 g/mol. The van der Waals surface area contributed by atoms with Crippen LogP contribution in [0.1, 0.15) is 42.4 Å². The number of hydrogen-bond acceptors (Lipinski definition) is 6. The van der Waals surface area contributed by atoms with Gasteiger partial charge in [0.25, 0.3) is 0 Å². The Hall–Kier alpha value is -1.21. The summed E-state index contributed by atoms with van der Waals surface area (Å²) in [6.45, 7) is 4.72. The summed E-state index contributed by atoms with van der Waals surface area (Å²) in [7, 11) is 3.34. The molecule has 2 fully saturated rings. The van der Waals surface area contributed by atoms with Gasteiger partial charge in [-0.05, 0) is 49.4 Å². The molecule has 0 bridgehead atoms. The molecule has 6 nitrogen and oxygen atoms in total. The molecule has 0 amide bonds. The minimum Gasteiger partial charge on any atom is -0.377 e. The van der Waals surface area contributed by atoms with Gasteiger partial charge in [-0.2, -0.15) is 0 Å². The molecule has 0 aromatic carbocycles. The van der Waals surface area contributed by atoms with Crippen molar-refractivity contribution in [2.45, 2.75) is 44.1 Å². The lowest BCUT2D eigenvalue weighted by atomic mass is 9.93. The molecule has 0 atom stereocenters. The van der Waals surface area contributed by atoms with Crippen molar-refractivity contribution in [2.75, 3.05) is 45.8 Å². The zero-order valence-corrected chi connectivity index (χ0v) is 14.6. The largest absolute Gasteiger partial charge is 0.377 e. The van der Waals surface area contributed by atoms with Crippen LogP contribution < -0.4 is 5.32 Å². The summed E-state index contributed by atoms with van der Waals surface area (Å²) in [4.78, 5) is 7.44. The van der Waals surface area contributed by atoms with Gasteiger partial charge in [-0.3, -0.25) is 4.90 Å². The molecule has 6 heteroatoms. The molecule has 1 aromatic heterocycles. The number of likely N-dealkylation sites (tertiary alicyclic amines) is 1. The molecule has 0 unspecified atom stereocenters. The van der Waals surface area contributed by atoms with Crippen LogP contribution in [0, 0.1) is 0 Å². The van der Waals surface area contributed by atoms with E-state index >= 15 is 0 Å². The first kappa shape index (κ1) is 16.3. The van der Waals surface area contributed by atoms with Crippen molar-refractivity contribution in [1.82, 2.24) is 9.88 Å². The van der Waals surface area contributed by atoms with Crippen molar-refractivity contribution >= 4 is 5.82 Å². The van der Waals surface area contributed by atoms with E-state index < -0.39 is 6.29 Å². The van der Waals surface area contributed by atoms with E-state index in [0.717, 1.165) is 57.2 Å². The van der Waals surface area contributed by atoms with E-state index in [2.05, 4.69) is 16.3 Å². The predicted octanol–water partition coefficient (Wildman–Crippen LogP) is 2.10. The van der Waals surface area contributed by atoms with Gasteiger partial charge in [0.1, 0.15) is 11.5 Å². The minimum atomic E-state index is -0.426. The Morgan fingerprint density at radius 3 is 2.88 bits per heavy atom. The number of methoxy groups -OCH3 is 2. The fraction of sp³-hybridized carbons (Fsp3) is 0.722. The molecule has 3 aliphatic heterocycles. The van der Waals surface area contributed by atoms with Crippen LogP contribution in [0.25, 0.3) is 0 Å². The second-order valence-electron chi connectivity index (χ2n) is 7.12. The van der Waals surface area contributed by atoms with Gasteiger partial charge in [0.15, 0.2) is 0 Å². The third-order valence-corrected chi connectivity index (χ3v) is 5.62. The van der Waals surface area contributed by atoms with Crippen molar-refractivity contribution < 1.29 is 14.2 Å². The second kappa shape index (κ2) is 6.59. The summed E-state index contributed by atoms with van der Waals surface area (Å²) in [6, 6.07) is 2.31. The van der Waals surface area contributed by atoms with E-state index in [1.165, 1.54) is 24.0 Å². The minimum absolute atomic E-state index is 0.251. The molecule has 4 rings (SSSR count). The fourth-order valence-electron chi connectivity index (χ4n) is 4.21. The van der Waals surface area contributed by atoms with Crippen molar-refractivity contribution in [3.8, 4) is 0 Å². The van der Waals surface area contributed by atoms with Crippen molar-refractivity contribution in [2.24, 2.45) is 0 Å². The number of nitrogens with one attached hydrogen (secondary N) is 1. The zero-order chi connectivity index (χ0) is 16.6. The van der Waals surface area contributed by atoms with Crippen LogP contribution >= 0.6 is 0 Å². The molecule has 0 saturated carbocycles. The van der Waals surface area contributed by atoms with Crippen LogP contribution in [0.5, 0.6) is 0 Å². The molecule has 3 aliphatic rings. The quantitative estimate of drug-likeness (QED) is 0.833.